The molecule has 1 heterocycles. The monoisotopic (exact) mass is 253 g/mol. The minimum atomic E-state index is -4.30. The van der Waals surface area contributed by atoms with Crippen LogP contribution >= 0.6 is 0 Å². The van der Waals surface area contributed by atoms with E-state index in [2.05, 4.69) is 4.98 Å². The number of pyridine rings is 1. The molecule has 0 saturated carbocycles. The van der Waals surface area contributed by atoms with Gasteiger partial charge in [-0.3, -0.25) is 4.98 Å². The summed E-state index contributed by atoms with van der Waals surface area (Å²) in [4.78, 5) is 3.87. The molecule has 0 aliphatic carbocycles. The Hall–Kier alpha value is -2.04. The van der Waals surface area contributed by atoms with E-state index in [-0.39, 0.29) is 6.61 Å². The van der Waals surface area contributed by atoms with E-state index < -0.39 is 11.7 Å². The van der Waals surface area contributed by atoms with Gasteiger partial charge in [0.05, 0.1) is 11.8 Å². The number of rotatable bonds is 3. The molecule has 0 aliphatic rings. The van der Waals surface area contributed by atoms with Crippen LogP contribution in [0.2, 0.25) is 0 Å². The van der Waals surface area contributed by atoms with Crippen LogP contribution in [0.3, 0.4) is 0 Å². The highest BCUT2D eigenvalue weighted by atomic mass is 19.4. The molecular formula is C13H10F3NO. The van der Waals surface area contributed by atoms with Crippen LogP contribution in [0.5, 0.6) is 5.75 Å². The lowest BCUT2D eigenvalue weighted by Gasteiger charge is -2.08. The predicted octanol–water partition coefficient (Wildman–Crippen LogP) is 3.68. The second-order valence-electron chi connectivity index (χ2n) is 3.67. The molecule has 0 bridgehead atoms. The molecule has 0 radical (unpaired) electrons. The van der Waals surface area contributed by atoms with Gasteiger partial charge in [0.15, 0.2) is 0 Å². The summed E-state index contributed by atoms with van der Waals surface area (Å²) in [6.07, 6.45) is -1.14. The summed E-state index contributed by atoms with van der Waals surface area (Å²) >= 11 is 0. The summed E-state index contributed by atoms with van der Waals surface area (Å²) in [5.41, 5.74) is 0.0134. The molecule has 2 aromatic rings. The summed E-state index contributed by atoms with van der Waals surface area (Å²) in [7, 11) is 0. The molecule has 0 atom stereocenters. The Kier molecular flexibility index (Phi) is 3.50. The van der Waals surface area contributed by atoms with Crippen LogP contribution < -0.4 is 4.74 Å². The van der Waals surface area contributed by atoms with Crippen molar-refractivity contribution in [3.8, 4) is 5.75 Å². The molecule has 2 rings (SSSR count). The quantitative estimate of drug-likeness (QED) is 0.832. The molecule has 94 valence electrons. The number of alkyl halides is 3. The van der Waals surface area contributed by atoms with E-state index in [0.717, 1.165) is 12.1 Å². The first-order valence-corrected chi connectivity index (χ1v) is 5.25. The number of benzene rings is 1. The van der Waals surface area contributed by atoms with E-state index in [1.807, 2.05) is 0 Å². The molecule has 0 N–H and O–H groups in total. The fourth-order valence-corrected chi connectivity index (χ4v) is 1.39. The number of hydrogen-bond acceptors (Lipinski definition) is 2. The van der Waals surface area contributed by atoms with Crippen molar-refractivity contribution >= 4 is 0 Å². The maximum absolute atomic E-state index is 12.3. The molecule has 0 spiro atoms. The third-order valence-corrected chi connectivity index (χ3v) is 2.32. The Morgan fingerprint density at radius 2 is 1.78 bits per heavy atom. The molecule has 0 fully saturated rings. The van der Waals surface area contributed by atoms with Crippen LogP contribution in [0.1, 0.15) is 11.1 Å². The standard InChI is InChI=1S/C13H10F3NO/c14-13(15,16)11-5-3-10(4-6-11)9-18-12-2-1-7-17-8-12/h1-8H,9H2. The molecule has 0 aliphatic heterocycles. The van der Waals surface area contributed by atoms with Crippen LogP contribution in [-0.2, 0) is 12.8 Å². The van der Waals surface area contributed by atoms with Crippen molar-refractivity contribution in [3.05, 3.63) is 59.9 Å². The Labute approximate surface area is 102 Å². The van der Waals surface area contributed by atoms with Gasteiger partial charge in [-0.1, -0.05) is 12.1 Å². The molecule has 18 heavy (non-hydrogen) atoms. The second kappa shape index (κ2) is 5.08. The molecule has 0 amide bonds. The van der Waals surface area contributed by atoms with Gasteiger partial charge in [0.25, 0.3) is 0 Å². The van der Waals surface area contributed by atoms with E-state index in [9.17, 15) is 13.2 Å². The normalized spacial score (nSPS) is 11.3. The maximum Gasteiger partial charge on any atom is 0.416 e. The summed E-state index contributed by atoms with van der Waals surface area (Å²) < 4.78 is 42.4. The third-order valence-electron chi connectivity index (χ3n) is 2.32. The van der Waals surface area contributed by atoms with Crippen LogP contribution in [0.15, 0.2) is 48.8 Å². The van der Waals surface area contributed by atoms with Gasteiger partial charge in [0, 0.05) is 6.20 Å². The van der Waals surface area contributed by atoms with Gasteiger partial charge in [0.2, 0.25) is 0 Å². The lowest BCUT2D eigenvalue weighted by molar-refractivity contribution is -0.137. The number of halogens is 3. The van der Waals surface area contributed by atoms with Crippen molar-refractivity contribution in [2.75, 3.05) is 0 Å². The van der Waals surface area contributed by atoms with Crippen molar-refractivity contribution in [3.63, 3.8) is 0 Å². The van der Waals surface area contributed by atoms with E-state index in [1.54, 1.807) is 24.5 Å². The van der Waals surface area contributed by atoms with Crippen LogP contribution in [0, 0.1) is 0 Å². The van der Waals surface area contributed by atoms with Crippen molar-refractivity contribution in [1.82, 2.24) is 4.98 Å². The van der Waals surface area contributed by atoms with Gasteiger partial charge in [-0.25, -0.2) is 0 Å². The Balaban J connectivity index is 1.99. The average Bonchev–Trinajstić information content (AvgIpc) is 2.37. The largest absolute Gasteiger partial charge is 0.487 e. The highest BCUT2D eigenvalue weighted by Gasteiger charge is 2.29. The molecule has 0 unspecified atom stereocenters. The van der Waals surface area contributed by atoms with Gasteiger partial charge in [-0.15, -0.1) is 0 Å². The van der Waals surface area contributed by atoms with Gasteiger partial charge in [-0.2, -0.15) is 13.2 Å². The molecule has 1 aromatic heterocycles. The fourth-order valence-electron chi connectivity index (χ4n) is 1.39. The van der Waals surface area contributed by atoms with Gasteiger partial charge in [-0.05, 0) is 29.8 Å². The zero-order chi connectivity index (χ0) is 13.0. The van der Waals surface area contributed by atoms with Crippen molar-refractivity contribution in [2.24, 2.45) is 0 Å². The Morgan fingerprint density at radius 3 is 2.33 bits per heavy atom. The zero-order valence-corrected chi connectivity index (χ0v) is 9.32. The lowest BCUT2D eigenvalue weighted by Crippen LogP contribution is -2.05. The number of nitrogens with zero attached hydrogens (tertiary/aromatic N) is 1. The molecule has 5 heteroatoms. The Morgan fingerprint density at radius 1 is 1.06 bits per heavy atom. The minimum Gasteiger partial charge on any atom is -0.487 e. The lowest BCUT2D eigenvalue weighted by atomic mass is 10.1. The van der Waals surface area contributed by atoms with Crippen LogP contribution in [0.4, 0.5) is 13.2 Å². The van der Waals surface area contributed by atoms with E-state index in [1.165, 1.54) is 12.1 Å². The number of aromatic nitrogens is 1. The topological polar surface area (TPSA) is 22.1 Å². The molecule has 2 nitrogen and oxygen atoms in total. The van der Waals surface area contributed by atoms with Gasteiger partial charge >= 0.3 is 6.18 Å². The zero-order valence-electron chi connectivity index (χ0n) is 9.32. The SMILES string of the molecule is FC(F)(F)c1ccc(COc2cccnc2)cc1. The van der Waals surface area contributed by atoms with E-state index >= 15 is 0 Å². The van der Waals surface area contributed by atoms with Crippen molar-refractivity contribution < 1.29 is 17.9 Å². The fraction of sp³-hybridized carbons (Fsp3) is 0.154. The highest BCUT2D eigenvalue weighted by molar-refractivity contribution is 5.25. The summed E-state index contributed by atoms with van der Waals surface area (Å²) in [5, 5.41) is 0. The third kappa shape index (κ3) is 3.23. The number of hydrogen-bond donors (Lipinski definition) is 0. The van der Waals surface area contributed by atoms with Gasteiger partial charge in [0.1, 0.15) is 12.4 Å². The molecular weight excluding hydrogens is 243 g/mol. The van der Waals surface area contributed by atoms with Crippen molar-refractivity contribution in [2.45, 2.75) is 12.8 Å². The Bertz CT molecular complexity index is 494. The smallest absolute Gasteiger partial charge is 0.416 e. The van der Waals surface area contributed by atoms with Gasteiger partial charge < -0.3 is 4.74 Å². The van der Waals surface area contributed by atoms with E-state index in [4.69, 9.17) is 4.74 Å². The predicted molar refractivity (Wildman–Crippen MR) is 60.0 cm³/mol. The first-order valence-electron chi connectivity index (χ1n) is 5.25. The summed E-state index contributed by atoms with van der Waals surface area (Å²) in [5.74, 6) is 0.581. The summed E-state index contributed by atoms with van der Waals surface area (Å²) in [6.45, 7) is 0.212. The maximum atomic E-state index is 12.3. The average molecular weight is 253 g/mol. The highest BCUT2D eigenvalue weighted by Crippen LogP contribution is 2.29. The molecule has 1 aromatic carbocycles. The first-order chi connectivity index (χ1) is 8.55. The minimum absolute atomic E-state index is 0.212. The first kappa shape index (κ1) is 12.4. The van der Waals surface area contributed by atoms with Crippen molar-refractivity contribution in [1.29, 1.82) is 0 Å². The molecule has 0 saturated heterocycles. The van der Waals surface area contributed by atoms with Crippen LogP contribution in [0.25, 0.3) is 0 Å². The van der Waals surface area contributed by atoms with Crippen LogP contribution in [-0.4, -0.2) is 4.98 Å². The summed E-state index contributed by atoms with van der Waals surface area (Å²) in [6, 6.07) is 8.35. The number of ether oxygens (including phenoxy) is 1. The second-order valence-corrected chi connectivity index (χ2v) is 3.67. The van der Waals surface area contributed by atoms with E-state index in [0.29, 0.717) is 11.3 Å².